The molecule has 23 heavy (non-hydrogen) atoms. The molecule has 0 spiro atoms. The topological polar surface area (TPSA) is 38.1 Å². The fourth-order valence-corrected chi connectivity index (χ4v) is 3.69. The van der Waals surface area contributed by atoms with Gasteiger partial charge in [0.1, 0.15) is 5.82 Å². The van der Waals surface area contributed by atoms with Crippen LogP contribution in [0.3, 0.4) is 0 Å². The van der Waals surface area contributed by atoms with Gasteiger partial charge in [0, 0.05) is 25.3 Å². The van der Waals surface area contributed by atoms with Crippen LogP contribution >= 0.6 is 12.2 Å². The third kappa shape index (κ3) is 2.81. The van der Waals surface area contributed by atoms with E-state index in [1.54, 1.807) is 6.92 Å². The number of benzene rings is 1. The highest BCUT2D eigenvalue weighted by atomic mass is 32.1. The molecule has 1 aliphatic rings. The van der Waals surface area contributed by atoms with E-state index in [0.717, 1.165) is 37.6 Å². The maximum atomic E-state index is 12.2. The second kappa shape index (κ2) is 6.24. The Kier molecular flexibility index (Phi) is 4.31. The fraction of sp³-hybridized carbons (Fsp3) is 0.389. The first-order valence-corrected chi connectivity index (χ1v) is 8.37. The second-order valence-electron chi connectivity index (χ2n) is 5.92. The van der Waals surface area contributed by atoms with Crippen LogP contribution < -0.4 is 4.90 Å². The summed E-state index contributed by atoms with van der Waals surface area (Å²) in [6.45, 7) is 7.93. The molecular weight excluding hydrogens is 306 g/mol. The van der Waals surface area contributed by atoms with E-state index in [1.807, 2.05) is 18.4 Å². The number of hydrogen-bond donors (Lipinski definition) is 0. The van der Waals surface area contributed by atoms with Crippen LogP contribution in [0, 0.1) is 11.7 Å². The molecule has 1 aromatic carbocycles. The Morgan fingerprint density at radius 1 is 1.30 bits per heavy atom. The molecule has 4 nitrogen and oxygen atoms in total. The molecule has 0 bridgehead atoms. The van der Waals surface area contributed by atoms with Crippen molar-refractivity contribution < 1.29 is 4.79 Å². The zero-order valence-electron chi connectivity index (χ0n) is 13.8. The zero-order valence-corrected chi connectivity index (χ0v) is 14.6. The number of hydrogen-bond acceptors (Lipinski definition) is 4. The molecule has 1 aromatic heterocycles. The van der Waals surface area contributed by atoms with Crippen molar-refractivity contribution >= 4 is 23.8 Å². The van der Waals surface area contributed by atoms with Gasteiger partial charge in [-0.1, -0.05) is 24.3 Å². The van der Waals surface area contributed by atoms with E-state index in [0.29, 0.717) is 10.3 Å². The Morgan fingerprint density at radius 2 is 2.00 bits per heavy atom. The highest BCUT2D eigenvalue weighted by Crippen LogP contribution is 2.28. The van der Waals surface area contributed by atoms with Crippen molar-refractivity contribution in [3.63, 3.8) is 0 Å². The lowest BCUT2D eigenvalue weighted by Crippen LogP contribution is -2.33. The Hall–Kier alpha value is -2.01. The Balaban J connectivity index is 2.10. The summed E-state index contributed by atoms with van der Waals surface area (Å²) in [5, 5.41) is 0. The van der Waals surface area contributed by atoms with E-state index in [1.165, 1.54) is 11.1 Å². The largest absolute Gasteiger partial charge is 0.351 e. The number of Topliss-reactive ketones (excluding diaryl/α,β-unsaturated/α-hetero) is 1. The predicted molar refractivity (Wildman–Crippen MR) is 94.7 cm³/mol. The molecule has 0 saturated carbocycles. The Labute approximate surface area is 141 Å². The van der Waals surface area contributed by atoms with Crippen molar-refractivity contribution in [2.24, 2.45) is 0 Å². The zero-order chi connectivity index (χ0) is 16.6. The molecule has 3 rings (SSSR count). The quantitative estimate of drug-likeness (QED) is 0.636. The van der Waals surface area contributed by atoms with Crippen LogP contribution in [0.1, 0.15) is 41.0 Å². The molecular formula is C18H21N3OS. The molecule has 0 atom stereocenters. The third-order valence-corrected chi connectivity index (χ3v) is 4.83. The molecule has 0 amide bonds. The van der Waals surface area contributed by atoms with Gasteiger partial charge in [-0.15, -0.1) is 0 Å². The van der Waals surface area contributed by atoms with Crippen LogP contribution in [-0.4, -0.2) is 21.9 Å². The van der Waals surface area contributed by atoms with Crippen LogP contribution in [0.5, 0.6) is 0 Å². The summed E-state index contributed by atoms with van der Waals surface area (Å²) in [5.41, 5.74) is 4.28. The first-order chi connectivity index (χ1) is 11.0. The van der Waals surface area contributed by atoms with Crippen LogP contribution in [0.25, 0.3) is 0 Å². The van der Waals surface area contributed by atoms with Crippen LogP contribution in [0.15, 0.2) is 24.3 Å². The van der Waals surface area contributed by atoms with Gasteiger partial charge < -0.3 is 9.47 Å². The van der Waals surface area contributed by atoms with Gasteiger partial charge in [0.25, 0.3) is 0 Å². The molecule has 0 fully saturated rings. The summed E-state index contributed by atoms with van der Waals surface area (Å²) >= 11 is 5.43. The predicted octanol–water partition coefficient (Wildman–Crippen LogP) is 3.71. The maximum Gasteiger partial charge on any atom is 0.201 e. The lowest BCUT2D eigenvalue weighted by Gasteiger charge is -2.31. The van der Waals surface area contributed by atoms with E-state index in [-0.39, 0.29) is 5.78 Å². The number of aromatic nitrogens is 2. The van der Waals surface area contributed by atoms with Gasteiger partial charge >= 0.3 is 0 Å². The number of nitrogens with zero attached hydrogens (tertiary/aromatic N) is 3. The molecule has 2 aromatic rings. The maximum absolute atomic E-state index is 12.2. The molecule has 0 saturated heterocycles. The number of ketones is 1. The van der Waals surface area contributed by atoms with Crippen LogP contribution in [0.2, 0.25) is 0 Å². The minimum Gasteiger partial charge on any atom is -0.351 e. The van der Waals surface area contributed by atoms with E-state index < -0.39 is 0 Å². The lowest BCUT2D eigenvalue weighted by molar-refractivity contribution is 0.101. The molecule has 0 N–H and O–H groups in total. The molecule has 5 heteroatoms. The van der Waals surface area contributed by atoms with E-state index in [2.05, 4.69) is 34.1 Å². The van der Waals surface area contributed by atoms with E-state index >= 15 is 0 Å². The summed E-state index contributed by atoms with van der Waals surface area (Å²) in [5.74, 6) is 0.778. The Bertz CT molecular complexity index is 826. The van der Waals surface area contributed by atoms with Gasteiger partial charge in [-0.05, 0) is 50.5 Å². The Morgan fingerprint density at radius 3 is 2.65 bits per heavy atom. The van der Waals surface area contributed by atoms with Crippen molar-refractivity contribution in [3.8, 4) is 0 Å². The van der Waals surface area contributed by atoms with Gasteiger partial charge in [-0.25, -0.2) is 4.98 Å². The minimum absolute atomic E-state index is 0.0426. The normalized spacial score (nSPS) is 13.8. The fourth-order valence-electron chi connectivity index (χ4n) is 3.34. The lowest BCUT2D eigenvalue weighted by atomic mass is 9.99. The molecule has 120 valence electrons. The molecule has 1 aliphatic heterocycles. The molecule has 0 unspecified atom stereocenters. The van der Waals surface area contributed by atoms with Gasteiger partial charge in [-0.3, -0.25) is 4.79 Å². The highest BCUT2D eigenvalue weighted by Gasteiger charge is 2.24. The van der Waals surface area contributed by atoms with E-state index in [9.17, 15) is 4.79 Å². The first kappa shape index (κ1) is 15.9. The number of carbonyl (C=O) groups is 1. The SMILES string of the molecule is CCn1c(C)c(C(C)=O)c(N2CCc3ccccc3C2)nc1=S. The standard InChI is InChI=1S/C18H21N3OS/c1-4-21-12(2)16(13(3)22)17(19-18(21)23)20-10-9-14-7-5-6-8-15(14)11-20/h5-8H,4,9-11H2,1-3H3. The second-order valence-corrected chi connectivity index (χ2v) is 6.28. The minimum atomic E-state index is 0.0426. The summed E-state index contributed by atoms with van der Waals surface area (Å²) < 4.78 is 2.47. The highest BCUT2D eigenvalue weighted by molar-refractivity contribution is 7.71. The average Bonchev–Trinajstić information content (AvgIpc) is 2.53. The van der Waals surface area contributed by atoms with Gasteiger partial charge in [0.2, 0.25) is 4.77 Å². The molecule has 0 aliphatic carbocycles. The van der Waals surface area contributed by atoms with Gasteiger partial charge in [0.15, 0.2) is 5.78 Å². The third-order valence-electron chi connectivity index (χ3n) is 4.52. The van der Waals surface area contributed by atoms with Gasteiger partial charge in [-0.2, -0.15) is 0 Å². The van der Waals surface area contributed by atoms with Crippen LogP contribution in [0.4, 0.5) is 5.82 Å². The number of rotatable bonds is 3. The molecule has 2 heterocycles. The summed E-state index contributed by atoms with van der Waals surface area (Å²) in [6.07, 6.45) is 0.962. The van der Waals surface area contributed by atoms with E-state index in [4.69, 9.17) is 12.2 Å². The van der Waals surface area contributed by atoms with Crippen molar-refractivity contribution in [2.45, 2.75) is 40.3 Å². The number of fused-ring (bicyclic) bond motifs is 1. The van der Waals surface area contributed by atoms with Gasteiger partial charge in [0.05, 0.1) is 5.56 Å². The average molecular weight is 327 g/mol. The van der Waals surface area contributed by atoms with Crippen molar-refractivity contribution in [1.82, 2.24) is 9.55 Å². The summed E-state index contributed by atoms with van der Waals surface area (Å²) in [6, 6.07) is 8.45. The monoisotopic (exact) mass is 327 g/mol. The number of anilines is 1. The first-order valence-electron chi connectivity index (χ1n) is 7.97. The van der Waals surface area contributed by atoms with Crippen LogP contribution in [-0.2, 0) is 19.5 Å². The van der Waals surface area contributed by atoms with Crippen molar-refractivity contribution in [2.75, 3.05) is 11.4 Å². The smallest absolute Gasteiger partial charge is 0.201 e. The number of carbonyl (C=O) groups excluding carboxylic acids is 1. The molecule has 0 radical (unpaired) electrons. The van der Waals surface area contributed by atoms with Crippen molar-refractivity contribution in [3.05, 3.63) is 51.4 Å². The van der Waals surface area contributed by atoms with Crippen molar-refractivity contribution in [1.29, 1.82) is 0 Å². The summed E-state index contributed by atoms with van der Waals surface area (Å²) in [7, 11) is 0. The summed E-state index contributed by atoms with van der Waals surface area (Å²) in [4.78, 5) is 19.0.